The van der Waals surface area contributed by atoms with E-state index in [-0.39, 0.29) is 22.7 Å². The predicted molar refractivity (Wildman–Crippen MR) is 173 cm³/mol. The van der Waals surface area contributed by atoms with E-state index in [2.05, 4.69) is 9.97 Å². The van der Waals surface area contributed by atoms with E-state index in [0.717, 1.165) is 5.56 Å². The molecule has 1 fully saturated rings. The third-order valence-electron chi connectivity index (χ3n) is 7.70. The number of methoxy groups -OCH3 is 1. The molecule has 1 aromatic carbocycles. The van der Waals surface area contributed by atoms with Crippen LogP contribution in [0.1, 0.15) is 58.7 Å². The number of amides is 1. The summed E-state index contributed by atoms with van der Waals surface area (Å²) in [6.07, 6.45) is 1.33. The fourth-order valence-corrected chi connectivity index (χ4v) is 5.88. The van der Waals surface area contributed by atoms with Gasteiger partial charge in [-0.3, -0.25) is 4.98 Å². The molecule has 12 heteroatoms. The van der Waals surface area contributed by atoms with Gasteiger partial charge in [0, 0.05) is 43.5 Å². The molecule has 1 aliphatic heterocycles. The molecule has 0 aliphatic carbocycles. The molecule has 0 N–H and O–H groups in total. The van der Waals surface area contributed by atoms with Crippen molar-refractivity contribution in [3.8, 4) is 22.7 Å². The second kappa shape index (κ2) is 12.3. The lowest BCUT2D eigenvalue weighted by molar-refractivity contribution is 0.0218. The van der Waals surface area contributed by atoms with E-state index in [0.29, 0.717) is 59.1 Å². The van der Waals surface area contributed by atoms with Crippen molar-refractivity contribution in [3.63, 3.8) is 0 Å². The van der Waals surface area contributed by atoms with Crippen molar-refractivity contribution in [2.24, 2.45) is 0 Å². The number of benzene rings is 1. The summed E-state index contributed by atoms with van der Waals surface area (Å²) in [5.74, 6) is 0.177. The summed E-state index contributed by atoms with van der Waals surface area (Å²) in [4.78, 5) is 44.8. The average molecular weight is 637 g/mol. The van der Waals surface area contributed by atoms with E-state index in [1.165, 1.54) is 23.8 Å². The van der Waals surface area contributed by atoms with Crippen LogP contribution >= 0.6 is 11.6 Å². The summed E-state index contributed by atoms with van der Waals surface area (Å²) in [6.45, 7) is 14.5. The summed E-state index contributed by atoms with van der Waals surface area (Å²) in [6, 6.07) is 7.47. The second-order valence-corrected chi connectivity index (χ2v) is 13.0. The highest BCUT2D eigenvalue weighted by atomic mass is 35.5. The molecule has 4 aromatic rings. The van der Waals surface area contributed by atoms with Gasteiger partial charge in [0.15, 0.2) is 5.65 Å². The monoisotopic (exact) mass is 636 g/mol. The lowest BCUT2D eigenvalue weighted by atomic mass is 10.0. The first-order valence-electron chi connectivity index (χ1n) is 14.9. The minimum Gasteiger partial charge on any atom is -0.496 e. The third-order valence-corrected chi connectivity index (χ3v) is 7.98. The lowest BCUT2D eigenvalue weighted by Crippen LogP contribution is -2.55. The summed E-state index contributed by atoms with van der Waals surface area (Å²) in [5.41, 5.74) is 2.08. The van der Waals surface area contributed by atoms with Gasteiger partial charge < -0.3 is 19.3 Å². The maximum Gasteiger partial charge on any atom is 0.410 e. The maximum atomic E-state index is 14.1. The Hall–Kier alpha value is -4.25. The van der Waals surface area contributed by atoms with E-state index >= 15 is 0 Å². The minimum atomic E-state index is -0.619. The standard InChI is InChI=1S/C33H38ClFN6O4/c1-18(2)26-28(19(3)11-12-36-26)41-30-23(16-24(34)27(37-30)22-10-9-21(35)15-25(22)44-8)29(38-31(41)42)40-14-13-39(17-20(40)4)32(43)45-33(5,6)7/h9-12,15-16,18,20H,13-14,17H2,1-8H3. The number of hydrogen-bond acceptors (Lipinski definition) is 8. The number of anilines is 1. The molecule has 1 aliphatic rings. The van der Waals surface area contributed by atoms with Crippen LogP contribution in [-0.4, -0.2) is 68.9 Å². The molecule has 1 atom stereocenters. The van der Waals surface area contributed by atoms with Gasteiger partial charge in [0.25, 0.3) is 0 Å². The van der Waals surface area contributed by atoms with Crippen LogP contribution in [0.4, 0.5) is 15.0 Å². The van der Waals surface area contributed by atoms with Gasteiger partial charge in [0.05, 0.1) is 34.6 Å². The average Bonchev–Trinajstić information content (AvgIpc) is 2.96. The largest absolute Gasteiger partial charge is 0.496 e. The van der Waals surface area contributed by atoms with Crippen molar-refractivity contribution >= 4 is 34.5 Å². The molecular weight excluding hydrogens is 599 g/mol. The number of hydrogen-bond donors (Lipinski definition) is 0. The molecule has 0 bridgehead atoms. The van der Waals surface area contributed by atoms with E-state index in [4.69, 9.17) is 26.1 Å². The van der Waals surface area contributed by atoms with Crippen molar-refractivity contribution in [1.82, 2.24) is 24.4 Å². The predicted octanol–water partition coefficient (Wildman–Crippen LogP) is 6.52. The van der Waals surface area contributed by atoms with Gasteiger partial charge in [0.2, 0.25) is 0 Å². The summed E-state index contributed by atoms with van der Waals surface area (Å²) < 4.78 is 26.7. The lowest BCUT2D eigenvalue weighted by Gasteiger charge is -2.41. The van der Waals surface area contributed by atoms with Crippen LogP contribution in [0.25, 0.3) is 28.0 Å². The van der Waals surface area contributed by atoms with Crippen molar-refractivity contribution in [3.05, 3.63) is 69.1 Å². The van der Waals surface area contributed by atoms with Gasteiger partial charge in [-0.25, -0.2) is 23.5 Å². The van der Waals surface area contributed by atoms with E-state index < -0.39 is 23.2 Å². The van der Waals surface area contributed by atoms with Crippen molar-refractivity contribution in [2.45, 2.75) is 66.0 Å². The topological polar surface area (TPSA) is 103 Å². The zero-order valence-corrected chi connectivity index (χ0v) is 27.6. The molecule has 10 nitrogen and oxygen atoms in total. The number of aromatic nitrogens is 4. The first-order chi connectivity index (χ1) is 21.2. The van der Waals surface area contributed by atoms with Crippen LogP contribution in [0.2, 0.25) is 5.02 Å². The Morgan fingerprint density at radius 2 is 1.87 bits per heavy atom. The molecule has 5 rings (SSSR count). The second-order valence-electron chi connectivity index (χ2n) is 12.6. The summed E-state index contributed by atoms with van der Waals surface area (Å²) in [5, 5.41) is 0.813. The number of pyridine rings is 2. The quantitative estimate of drug-likeness (QED) is 0.244. The number of rotatable bonds is 5. The van der Waals surface area contributed by atoms with Crippen LogP contribution < -0.4 is 15.3 Å². The molecule has 45 heavy (non-hydrogen) atoms. The number of fused-ring (bicyclic) bond motifs is 1. The zero-order valence-electron chi connectivity index (χ0n) is 26.8. The Bertz CT molecular complexity index is 1840. The van der Waals surface area contributed by atoms with Crippen LogP contribution in [0, 0.1) is 12.7 Å². The number of carbonyl (C=O) groups is 1. The normalized spacial score (nSPS) is 15.6. The Kier molecular flexibility index (Phi) is 8.77. The Labute approximate surface area is 266 Å². The van der Waals surface area contributed by atoms with Crippen molar-refractivity contribution < 1.29 is 18.7 Å². The maximum absolute atomic E-state index is 14.1. The van der Waals surface area contributed by atoms with Crippen molar-refractivity contribution in [2.75, 3.05) is 31.6 Å². The smallest absolute Gasteiger partial charge is 0.410 e. The van der Waals surface area contributed by atoms with Gasteiger partial charge in [0.1, 0.15) is 23.0 Å². The van der Waals surface area contributed by atoms with Crippen LogP contribution in [0.15, 0.2) is 41.3 Å². The SMILES string of the molecule is COc1cc(F)ccc1-c1nc2c(cc1Cl)c(N1CCN(C(=O)OC(C)(C)C)CC1C)nc(=O)n2-c1c(C)ccnc1C(C)C. The van der Waals surface area contributed by atoms with Crippen LogP contribution in [0.3, 0.4) is 0 Å². The first kappa shape index (κ1) is 32.2. The zero-order chi connectivity index (χ0) is 32.8. The van der Waals surface area contributed by atoms with Gasteiger partial charge in [-0.05, 0) is 70.4 Å². The number of piperazine rings is 1. The number of halogens is 2. The van der Waals surface area contributed by atoms with Gasteiger partial charge in [-0.1, -0.05) is 25.4 Å². The highest BCUT2D eigenvalue weighted by molar-refractivity contribution is 6.34. The fraction of sp³-hybridized carbons (Fsp3) is 0.424. The van der Waals surface area contributed by atoms with Gasteiger partial charge in [-0.15, -0.1) is 0 Å². The molecule has 1 unspecified atom stereocenters. The van der Waals surface area contributed by atoms with E-state index in [1.54, 1.807) is 23.2 Å². The highest BCUT2D eigenvalue weighted by Gasteiger charge is 2.33. The molecule has 4 heterocycles. The molecule has 1 saturated heterocycles. The van der Waals surface area contributed by atoms with Gasteiger partial charge in [-0.2, -0.15) is 4.98 Å². The Morgan fingerprint density at radius 3 is 2.51 bits per heavy atom. The number of ether oxygens (including phenoxy) is 2. The fourth-order valence-electron chi connectivity index (χ4n) is 5.63. The summed E-state index contributed by atoms with van der Waals surface area (Å²) >= 11 is 6.90. The number of aryl methyl sites for hydroxylation is 1. The highest BCUT2D eigenvalue weighted by Crippen LogP contribution is 2.38. The molecule has 238 valence electrons. The van der Waals surface area contributed by atoms with Crippen LogP contribution in [0.5, 0.6) is 5.75 Å². The minimum absolute atomic E-state index is 0.00792. The van der Waals surface area contributed by atoms with Crippen molar-refractivity contribution in [1.29, 1.82) is 0 Å². The summed E-state index contributed by atoms with van der Waals surface area (Å²) in [7, 11) is 1.44. The number of carbonyl (C=O) groups excluding carboxylic acids is 1. The van der Waals surface area contributed by atoms with E-state index in [1.807, 2.05) is 59.4 Å². The molecular formula is C33H38ClFN6O4. The van der Waals surface area contributed by atoms with Gasteiger partial charge >= 0.3 is 11.8 Å². The molecule has 1 amide bonds. The number of nitrogens with zero attached hydrogens (tertiary/aromatic N) is 6. The molecule has 3 aromatic heterocycles. The van der Waals surface area contributed by atoms with E-state index in [9.17, 15) is 14.0 Å². The van der Waals surface area contributed by atoms with Crippen LogP contribution in [-0.2, 0) is 4.74 Å². The third kappa shape index (κ3) is 6.31. The first-order valence-corrected chi connectivity index (χ1v) is 15.3. The molecule has 0 saturated carbocycles. The molecule has 0 radical (unpaired) electrons. The Balaban J connectivity index is 1.74. The Morgan fingerprint density at radius 1 is 1.13 bits per heavy atom. The molecule has 0 spiro atoms.